The number of Topliss-reactive ketones (excluding diaryl/α,β-unsaturated/α-hetero) is 1. The summed E-state index contributed by atoms with van der Waals surface area (Å²) in [5.41, 5.74) is 2.19. The molecular weight excluding hydrogens is 362 g/mol. The maximum absolute atomic E-state index is 12.2. The molecule has 0 saturated carbocycles. The van der Waals surface area contributed by atoms with Gasteiger partial charge in [-0.2, -0.15) is 4.68 Å². The standard InChI is InChI=1S/C15H16BrN5O2/c1-4-23-12-6-5-10(16)7-11(12)14-13(9(3)22)8(2)17-15-18-19-20-21(14)15/h5-7,14H,4H2,1-3H3,(H,17,18,20)/t14-/m0/s1. The maximum Gasteiger partial charge on any atom is 0.248 e. The van der Waals surface area contributed by atoms with Gasteiger partial charge in [-0.15, -0.1) is 0 Å². The predicted molar refractivity (Wildman–Crippen MR) is 88.3 cm³/mol. The molecule has 7 nitrogen and oxygen atoms in total. The molecule has 2 aromatic rings. The Bertz CT molecular complexity index is 799. The van der Waals surface area contributed by atoms with Crippen molar-refractivity contribution < 1.29 is 9.53 Å². The number of benzene rings is 1. The smallest absolute Gasteiger partial charge is 0.248 e. The van der Waals surface area contributed by atoms with Gasteiger partial charge in [0, 0.05) is 21.3 Å². The van der Waals surface area contributed by atoms with E-state index in [0.717, 1.165) is 15.7 Å². The number of tetrazole rings is 1. The first-order chi connectivity index (χ1) is 11.0. The number of nitrogens with zero attached hydrogens (tertiary/aromatic N) is 4. The third-order valence-corrected chi connectivity index (χ3v) is 4.15. The topological polar surface area (TPSA) is 81.9 Å². The third-order valence-electron chi connectivity index (χ3n) is 3.66. The van der Waals surface area contributed by atoms with Gasteiger partial charge in [0.15, 0.2) is 5.78 Å². The summed E-state index contributed by atoms with van der Waals surface area (Å²) in [6.45, 7) is 5.84. The molecule has 0 amide bonds. The molecular formula is C15H16BrN5O2. The summed E-state index contributed by atoms with van der Waals surface area (Å²) in [6.07, 6.45) is 0. The van der Waals surface area contributed by atoms with Gasteiger partial charge in [0.25, 0.3) is 0 Å². The van der Waals surface area contributed by atoms with Crippen LogP contribution in [0.1, 0.15) is 32.4 Å². The molecule has 0 spiro atoms. The molecule has 1 N–H and O–H groups in total. The van der Waals surface area contributed by atoms with E-state index in [4.69, 9.17) is 4.74 Å². The first kappa shape index (κ1) is 15.7. The van der Waals surface area contributed by atoms with Crippen LogP contribution in [0.3, 0.4) is 0 Å². The Morgan fingerprint density at radius 2 is 2.26 bits per heavy atom. The number of aromatic nitrogens is 4. The number of ether oxygens (including phenoxy) is 1. The lowest BCUT2D eigenvalue weighted by atomic mass is 9.92. The minimum atomic E-state index is -0.433. The molecule has 120 valence electrons. The van der Waals surface area contributed by atoms with E-state index in [9.17, 15) is 4.79 Å². The van der Waals surface area contributed by atoms with E-state index in [2.05, 4.69) is 36.8 Å². The fraction of sp³-hybridized carbons (Fsp3) is 0.333. The number of anilines is 1. The molecule has 23 heavy (non-hydrogen) atoms. The fourth-order valence-electron chi connectivity index (χ4n) is 2.78. The van der Waals surface area contributed by atoms with Crippen molar-refractivity contribution in [2.45, 2.75) is 26.8 Å². The molecule has 1 atom stereocenters. The van der Waals surface area contributed by atoms with Crippen molar-refractivity contribution in [3.05, 3.63) is 39.5 Å². The molecule has 1 aromatic heterocycles. The number of hydrogen-bond acceptors (Lipinski definition) is 6. The molecule has 0 aliphatic carbocycles. The molecule has 1 aromatic carbocycles. The SMILES string of the molecule is CCOc1ccc(Br)cc1[C@H]1C(C(C)=O)=C(C)Nc2nnnn21. The first-order valence-corrected chi connectivity index (χ1v) is 8.01. The van der Waals surface area contributed by atoms with Crippen LogP contribution in [-0.2, 0) is 4.79 Å². The summed E-state index contributed by atoms with van der Waals surface area (Å²) in [4.78, 5) is 12.2. The summed E-state index contributed by atoms with van der Waals surface area (Å²) in [7, 11) is 0. The molecule has 1 aliphatic heterocycles. The highest BCUT2D eigenvalue weighted by atomic mass is 79.9. The number of rotatable bonds is 4. The van der Waals surface area contributed by atoms with Gasteiger partial charge < -0.3 is 10.1 Å². The average molecular weight is 378 g/mol. The van der Waals surface area contributed by atoms with Crippen LogP contribution in [0.2, 0.25) is 0 Å². The van der Waals surface area contributed by atoms with Crippen molar-refractivity contribution in [3.63, 3.8) is 0 Å². The lowest BCUT2D eigenvalue weighted by Crippen LogP contribution is -2.28. The summed E-state index contributed by atoms with van der Waals surface area (Å²) >= 11 is 3.48. The zero-order valence-electron chi connectivity index (χ0n) is 13.0. The van der Waals surface area contributed by atoms with Crippen LogP contribution >= 0.6 is 15.9 Å². The number of ketones is 1. The van der Waals surface area contributed by atoms with E-state index in [0.29, 0.717) is 23.9 Å². The van der Waals surface area contributed by atoms with Gasteiger partial charge in [-0.05, 0) is 49.4 Å². The zero-order chi connectivity index (χ0) is 16.6. The molecule has 1 aliphatic rings. The second-order valence-corrected chi connectivity index (χ2v) is 6.10. The molecule has 0 unspecified atom stereocenters. The maximum atomic E-state index is 12.2. The van der Waals surface area contributed by atoms with Crippen molar-refractivity contribution in [2.75, 3.05) is 11.9 Å². The van der Waals surface area contributed by atoms with E-state index in [1.54, 1.807) is 11.6 Å². The number of hydrogen-bond donors (Lipinski definition) is 1. The highest BCUT2D eigenvalue weighted by Crippen LogP contribution is 2.39. The summed E-state index contributed by atoms with van der Waals surface area (Å²) in [6, 6.07) is 5.28. The normalized spacial score (nSPS) is 16.8. The van der Waals surface area contributed by atoms with Gasteiger partial charge in [0.2, 0.25) is 5.95 Å². The van der Waals surface area contributed by atoms with Crippen molar-refractivity contribution in [1.82, 2.24) is 20.2 Å². The lowest BCUT2D eigenvalue weighted by Gasteiger charge is -2.28. The van der Waals surface area contributed by atoms with Crippen LogP contribution in [0.4, 0.5) is 5.95 Å². The van der Waals surface area contributed by atoms with Crippen molar-refractivity contribution >= 4 is 27.7 Å². The Kier molecular flexibility index (Phi) is 4.16. The van der Waals surface area contributed by atoms with Gasteiger partial charge in [-0.1, -0.05) is 21.0 Å². The van der Waals surface area contributed by atoms with E-state index in [1.807, 2.05) is 32.0 Å². The highest BCUT2D eigenvalue weighted by molar-refractivity contribution is 9.10. The molecule has 8 heteroatoms. The van der Waals surface area contributed by atoms with Crippen LogP contribution in [-0.4, -0.2) is 32.6 Å². The monoisotopic (exact) mass is 377 g/mol. The summed E-state index contributed by atoms with van der Waals surface area (Å²) in [5, 5.41) is 14.8. The third kappa shape index (κ3) is 2.74. The number of carbonyl (C=O) groups is 1. The number of fused-ring (bicyclic) bond motifs is 1. The Hall–Kier alpha value is -2.22. The van der Waals surface area contributed by atoms with Crippen LogP contribution in [0.5, 0.6) is 5.75 Å². The first-order valence-electron chi connectivity index (χ1n) is 7.21. The van der Waals surface area contributed by atoms with Gasteiger partial charge in [-0.25, -0.2) is 0 Å². The van der Waals surface area contributed by atoms with Crippen molar-refractivity contribution in [1.29, 1.82) is 0 Å². The minimum Gasteiger partial charge on any atom is -0.494 e. The zero-order valence-corrected chi connectivity index (χ0v) is 14.6. The molecule has 3 rings (SSSR count). The largest absolute Gasteiger partial charge is 0.494 e. The van der Waals surface area contributed by atoms with Crippen molar-refractivity contribution in [2.24, 2.45) is 0 Å². The quantitative estimate of drug-likeness (QED) is 0.881. The molecule has 2 heterocycles. The number of carbonyl (C=O) groups excluding carboxylic acids is 1. The Morgan fingerprint density at radius 1 is 1.48 bits per heavy atom. The van der Waals surface area contributed by atoms with Crippen LogP contribution in [0, 0.1) is 0 Å². The van der Waals surface area contributed by atoms with Crippen LogP contribution < -0.4 is 10.1 Å². The number of halogens is 1. The summed E-state index contributed by atoms with van der Waals surface area (Å²) < 4.78 is 8.24. The van der Waals surface area contributed by atoms with Gasteiger partial charge in [0.1, 0.15) is 11.8 Å². The summed E-state index contributed by atoms with van der Waals surface area (Å²) in [5.74, 6) is 1.17. The van der Waals surface area contributed by atoms with Gasteiger partial charge >= 0.3 is 0 Å². The van der Waals surface area contributed by atoms with Gasteiger partial charge in [0.05, 0.1) is 6.61 Å². The lowest BCUT2D eigenvalue weighted by molar-refractivity contribution is -0.114. The van der Waals surface area contributed by atoms with Crippen LogP contribution in [0.25, 0.3) is 0 Å². The van der Waals surface area contributed by atoms with Gasteiger partial charge in [-0.3, -0.25) is 4.79 Å². The molecule has 0 saturated heterocycles. The minimum absolute atomic E-state index is 0.0384. The van der Waals surface area contributed by atoms with E-state index >= 15 is 0 Å². The molecule has 0 fully saturated rings. The molecule has 0 radical (unpaired) electrons. The van der Waals surface area contributed by atoms with E-state index in [1.165, 1.54) is 0 Å². The van der Waals surface area contributed by atoms with E-state index in [-0.39, 0.29) is 5.78 Å². The number of allylic oxidation sites excluding steroid dienone is 2. The fourth-order valence-corrected chi connectivity index (χ4v) is 3.15. The second-order valence-electron chi connectivity index (χ2n) is 5.18. The average Bonchev–Trinajstić information content (AvgIpc) is 2.95. The Labute approximate surface area is 141 Å². The van der Waals surface area contributed by atoms with E-state index < -0.39 is 6.04 Å². The predicted octanol–water partition coefficient (Wildman–Crippen LogP) is 2.71. The number of nitrogens with one attached hydrogen (secondary N) is 1. The molecule has 0 bridgehead atoms. The highest BCUT2D eigenvalue weighted by Gasteiger charge is 2.34. The Morgan fingerprint density at radius 3 is 2.96 bits per heavy atom. The second kappa shape index (κ2) is 6.11. The van der Waals surface area contributed by atoms with Crippen LogP contribution in [0.15, 0.2) is 33.9 Å². The Balaban J connectivity index is 2.24. The van der Waals surface area contributed by atoms with Crippen molar-refractivity contribution in [3.8, 4) is 5.75 Å².